The normalized spacial score (nSPS) is 11.9. The fourth-order valence-electron chi connectivity index (χ4n) is 4.10. The lowest BCUT2D eigenvalue weighted by Crippen LogP contribution is -2.36. The van der Waals surface area contributed by atoms with E-state index in [1.807, 2.05) is 14.0 Å². The van der Waals surface area contributed by atoms with Crippen molar-refractivity contribution in [1.82, 2.24) is 29.6 Å². The van der Waals surface area contributed by atoms with Crippen LogP contribution in [0, 0.1) is 6.92 Å². The molecule has 2 aromatic carbocycles. The van der Waals surface area contributed by atoms with E-state index in [4.69, 9.17) is 5.84 Å². The van der Waals surface area contributed by atoms with Crippen LogP contribution in [-0.2, 0) is 19.9 Å². The molecule has 5 aromatic rings. The van der Waals surface area contributed by atoms with Crippen LogP contribution in [0.2, 0.25) is 0 Å². The van der Waals surface area contributed by atoms with Gasteiger partial charge in [0.05, 0.1) is 29.5 Å². The number of nitrogens with zero attached hydrogens (tertiary/aromatic N) is 6. The van der Waals surface area contributed by atoms with Gasteiger partial charge in [-0.3, -0.25) is 19.5 Å². The van der Waals surface area contributed by atoms with Gasteiger partial charge in [-0.15, -0.1) is 13.2 Å². The Morgan fingerprint density at radius 3 is 2.49 bits per heavy atom. The van der Waals surface area contributed by atoms with Gasteiger partial charge in [-0.05, 0) is 36.2 Å². The van der Waals surface area contributed by atoms with Crippen LogP contribution in [0.4, 0.5) is 13.2 Å². The van der Waals surface area contributed by atoms with Crippen molar-refractivity contribution in [3.8, 4) is 11.1 Å². The number of aromatic nitrogens is 5. The number of hydrogen-bond acceptors (Lipinski definition) is 5. The van der Waals surface area contributed by atoms with Crippen molar-refractivity contribution < 1.29 is 18.0 Å². The largest absolute Gasteiger partial charge is 0.504 e. The maximum Gasteiger partial charge on any atom is 0.504 e. The molecular weight excluding hydrogens is 459 g/mol. The zero-order valence-electron chi connectivity index (χ0n) is 18.8. The van der Waals surface area contributed by atoms with E-state index in [0.717, 1.165) is 50.5 Å². The highest BCUT2D eigenvalue weighted by atomic mass is 19.4. The molecular formula is C24H20F3N7O. The van der Waals surface area contributed by atoms with Crippen LogP contribution in [0.1, 0.15) is 21.6 Å². The highest BCUT2D eigenvalue weighted by Crippen LogP contribution is 2.27. The third-order valence-electron chi connectivity index (χ3n) is 5.84. The smallest absolute Gasteiger partial charge is 0.272 e. The summed E-state index contributed by atoms with van der Waals surface area (Å²) in [7, 11) is 1.84. The van der Waals surface area contributed by atoms with Crippen molar-refractivity contribution in [2.45, 2.75) is 19.8 Å². The fourth-order valence-corrected chi connectivity index (χ4v) is 4.10. The van der Waals surface area contributed by atoms with Gasteiger partial charge in [0.15, 0.2) is 0 Å². The molecule has 0 aliphatic rings. The monoisotopic (exact) mass is 479 g/mol. The van der Waals surface area contributed by atoms with Gasteiger partial charge in [-0.25, -0.2) is 5.84 Å². The molecule has 0 saturated carbocycles. The third-order valence-corrected chi connectivity index (χ3v) is 5.84. The Bertz CT molecular complexity index is 1570. The summed E-state index contributed by atoms with van der Waals surface area (Å²) in [5.41, 5.74) is 4.50. The van der Waals surface area contributed by atoms with Crippen molar-refractivity contribution in [2.24, 2.45) is 12.9 Å². The van der Waals surface area contributed by atoms with Crippen molar-refractivity contribution in [3.05, 3.63) is 77.9 Å². The van der Waals surface area contributed by atoms with Crippen LogP contribution in [-0.4, -0.2) is 35.5 Å². The Labute approximate surface area is 197 Å². The summed E-state index contributed by atoms with van der Waals surface area (Å²) in [6.45, 7) is 2.02. The molecule has 5 rings (SSSR count). The molecule has 0 saturated heterocycles. The number of nitrogens with two attached hydrogens (primary N) is 1. The van der Waals surface area contributed by atoms with E-state index >= 15 is 0 Å². The Kier molecular flexibility index (Phi) is 5.28. The molecule has 0 bridgehead atoms. The third kappa shape index (κ3) is 4.10. The van der Waals surface area contributed by atoms with Gasteiger partial charge in [-0.2, -0.15) is 14.9 Å². The molecule has 3 heterocycles. The van der Waals surface area contributed by atoms with E-state index in [-0.39, 0.29) is 17.1 Å². The van der Waals surface area contributed by atoms with Gasteiger partial charge in [0, 0.05) is 41.3 Å². The summed E-state index contributed by atoms with van der Waals surface area (Å²) >= 11 is 0. The SMILES string of the molecule is Cc1nn(C)c2c1cnc1ccc(C(=O)N(N)Cc3ccc(-c4cnn(C(F)(F)F)c4)cc3)cc12. The van der Waals surface area contributed by atoms with Gasteiger partial charge in [0.2, 0.25) is 0 Å². The zero-order valence-corrected chi connectivity index (χ0v) is 18.8. The summed E-state index contributed by atoms with van der Waals surface area (Å²) in [6.07, 6.45) is -0.729. The first-order valence-electron chi connectivity index (χ1n) is 10.6. The molecule has 0 spiro atoms. The number of hydrazine groups is 1. The van der Waals surface area contributed by atoms with Crippen LogP contribution in [0.25, 0.3) is 32.9 Å². The number of hydrogen-bond donors (Lipinski definition) is 1. The number of carbonyl (C=O) groups is 1. The molecule has 0 fully saturated rings. The van der Waals surface area contributed by atoms with Crippen LogP contribution >= 0.6 is 0 Å². The Morgan fingerprint density at radius 1 is 1.06 bits per heavy atom. The standard InChI is InChI=1S/C24H20F3N7O/c1-14-20-11-29-21-8-7-17(9-19(21)22(20)32(2)31-14)23(35)33(28)12-15-3-5-16(6-4-15)18-10-30-34(13-18)24(25,26)27/h3-11,13H,12,28H2,1-2H3. The van der Waals surface area contributed by atoms with E-state index in [0.29, 0.717) is 16.7 Å². The maximum absolute atomic E-state index is 13.0. The molecule has 0 aliphatic carbocycles. The minimum absolute atomic E-state index is 0.0454. The number of amides is 1. The second-order valence-corrected chi connectivity index (χ2v) is 8.23. The number of rotatable bonds is 4. The van der Waals surface area contributed by atoms with Crippen LogP contribution in [0.15, 0.2) is 61.1 Å². The average molecular weight is 479 g/mol. The molecule has 1 amide bonds. The first-order chi connectivity index (χ1) is 16.6. The van der Waals surface area contributed by atoms with Gasteiger partial charge in [0.25, 0.3) is 5.91 Å². The lowest BCUT2D eigenvalue weighted by atomic mass is 10.1. The number of aryl methyl sites for hydroxylation is 2. The Morgan fingerprint density at radius 2 is 1.80 bits per heavy atom. The predicted molar refractivity (Wildman–Crippen MR) is 124 cm³/mol. The van der Waals surface area contributed by atoms with E-state index < -0.39 is 6.30 Å². The topological polar surface area (TPSA) is 94.9 Å². The van der Waals surface area contributed by atoms with E-state index in [2.05, 4.69) is 15.2 Å². The Balaban J connectivity index is 1.36. The van der Waals surface area contributed by atoms with E-state index in [9.17, 15) is 18.0 Å². The molecule has 35 heavy (non-hydrogen) atoms. The molecule has 2 N–H and O–H groups in total. The summed E-state index contributed by atoms with van der Waals surface area (Å²) in [5, 5.41) is 10.6. The zero-order chi connectivity index (χ0) is 24.9. The van der Waals surface area contributed by atoms with Crippen LogP contribution in [0.3, 0.4) is 0 Å². The first kappa shape index (κ1) is 22.5. The number of benzene rings is 2. The second-order valence-electron chi connectivity index (χ2n) is 8.23. The van der Waals surface area contributed by atoms with Gasteiger partial charge >= 0.3 is 6.30 Å². The Hall–Kier alpha value is -4.25. The lowest BCUT2D eigenvalue weighted by Gasteiger charge is -2.17. The fraction of sp³-hybridized carbons (Fsp3) is 0.167. The summed E-state index contributed by atoms with van der Waals surface area (Å²) in [4.78, 5) is 17.5. The summed E-state index contributed by atoms with van der Waals surface area (Å²) in [5.74, 6) is 5.71. The summed E-state index contributed by atoms with van der Waals surface area (Å²) in [6, 6.07) is 11.9. The van der Waals surface area contributed by atoms with Crippen LogP contribution < -0.4 is 5.84 Å². The highest BCUT2D eigenvalue weighted by Gasteiger charge is 2.31. The molecule has 0 aliphatic heterocycles. The molecule has 3 aromatic heterocycles. The minimum atomic E-state index is -4.57. The van der Waals surface area contributed by atoms with Crippen molar-refractivity contribution in [1.29, 1.82) is 0 Å². The van der Waals surface area contributed by atoms with Crippen molar-refractivity contribution in [2.75, 3.05) is 0 Å². The number of alkyl halides is 3. The van der Waals surface area contributed by atoms with Gasteiger partial charge < -0.3 is 0 Å². The number of halogens is 3. The quantitative estimate of drug-likeness (QED) is 0.236. The van der Waals surface area contributed by atoms with Crippen LogP contribution in [0.5, 0.6) is 0 Å². The van der Waals surface area contributed by atoms with E-state index in [1.165, 1.54) is 0 Å². The maximum atomic E-state index is 13.0. The molecule has 178 valence electrons. The number of fused-ring (bicyclic) bond motifs is 3. The van der Waals surface area contributed by atoms with Gasteiger partial charge in [-0.1, -0.05) is 24.3 Å². The van der Waals surface area contributed by atoms with Crippen molar-refractivity contribution >= 4 is 27.7 Å². The number of pyridine rings is 1. The predicted octanol–water partition coefficient (Wildman–Crippen LogP) is 4.29. The molecule has 8 nitrogen and oxygen atoms in total. The molecule has 0 radical (unpaired) electrons. The second kappa shape index (κ2) is 8.20. The van der Waals surface area contributed by atoms with Crippen molar-refractivity contribution in [3.63, 3.8) is 0 Å². The molecule has 0 atom stereocenters. The molecule has 11 heteroatoms. The van der Waals surface area contributed by atoms with E-state index in [1.54, 1.807) is 53.3 Å². The first-order valence-corrected chi connectivity index (χ1v) is 10.6. The summed E-state index contributed by atoms with van der Waals surface area (Å²) < 4.78 is 40.0. The van der Waals surface area contributed by atoms with Gasteiger partial charge in [0.1, 0.15) is 0 Å². The highest BCUT2D eigenvalue weighted by molar-refractivity contribution is 6.07. The minimum Gasteiger partial charge on any atom is -0.272 e. The number of carbonyl (C=O) groups excluding carboxylic acids is 1. The molecule has 0 unspecified atom stereocenters. The average Bonchev–Trinajstić information content (AvgIpc) is 3.44. The lowest BCUT2D eigenvalue weighted by molar-refractivity contribution is -0.212.